The second-order valence-electron chi connectivity index (χ2n) is 4.76. The van der Waals surface area contributed by atoms with Crippen LogP contribution in [0.2, 0.25) is 0 Å². The maximum Gasteiger partial charge on any atom is 0.178 e. The normalized spacial score (nSPS) is 19.0. The standard InChI is InChI=1S/C18H18O/c1-15-7-9-17(10-8-15)12-14-18(19)13-11-16-5-3-2-4-6-16/h2-7,9-15H,8H2,1H3/b13-11-,14-12+. The molecule has 0 saturated heterocycles. The number of benzene rings is 1. The average molecular weight is 250 g/mol. The first-order valence-electron chi connectivity index (χ1n) is 6.57. The summed E-state index contributed by atoms with van der Waals surface area (Å²) in [5, 5.41) is 0. The van der Waals surface area contributed by atoms with E-state index >= 15 is 0 Å². The summed E-state index contributed by atoms with van der Waals surface area (Å²) in [6.07, 6.45) is 14.4. The van der Waals surface area contributed by atoms with E-state index in [0.29, 0.717) is 5.92 Å². The highest BCUT2D eigenvalue weighted by Crippen LogP contribution is 2.16. The predicted molar refractivity (Wildman–Crippen MR) is 80.6 cm³/mol. The van der Waals surface area contributed by atoms with Crippen LogP contribution in [0.3, 0.4) is 0 Å². The monoisotopic (exact) mass is 250 g/mol. The molecule has 1 unspecified atom stereocenters. The van der Waals surface area contributed by atoms with Crippen LogP contribution in [0, 0.1) is 5.92 Å². The topological polar surface area (TPSA) is 17.1 Å². The molecule has 0 aromatic heterocycles. The zero-order chi connectivity index (χ0) is 13.5. The van der Waals surface area contributed by atoms with E-state index in [0.717, 1.165) is 17.6 Å². The molecule has 19 heavy (non-hydrogen) atoms. The summed E-state index contributed by atoms with van der Waals surface area (Å²) in [7, 11) is 0. The minimum atomic E-state index is 0.0109. The van der Waals surface area contributed by atoms with Crippen molar-refractivity contribution < 1.29 is 4.79 Å². The molecule has 96 valence electrons. The number of hydrogen-bond acceptors (Lipinski definition) is 1. The molecule has 1 aromatic rings. The predicted octanol–water partition coefficient (Wildman–Crippen LogP) is 4.35. The number of carbonyl (C=O) groups is 1. The van der Waals surface area contributed by atoms with E-state index in [9.17, 15) is 4.79 Å². The fraction of sp³-hybridized carbons (Fsp3) is 0.167. The van der Waals surface area contributed by atoms with Gasteiger partial charge < -0.3 is 0 Å². The first kappa shape index (κ1) is 13.3. The smallest absolute Gasteiger partial charge is 0.178 e. The third kappa shape index (κ3) is 4.55. The fourth-order valence-corrected chi connectivity index (χ4v) is 1.84. The van der Waals surface area contributed by atoms with E-state index in [1.54, 1.807) is 12.2 Å². The van der Waals surface area contributed by atoms with Crippen molar-refractivity contribution >= 4 is 11.9 Å². The highest BCUT2D eigenvalue weighted by Gasteiger charge is 2.00. The number of allylic oxidation sites excluding steroid dienone is 7. The molecular formula is C18H18O. The Labute approximate surface area is 114 Å². The molecule has 1 nitrogen and oxygen atoms in total. The molecule has 0 bridgehead atoms. The van der Waals surface area contributed by atoms with Crippen molar-refractivity contribution in [3.8, 4) is 0 Å². The van der Waals surface area contributed by atoms with Gasteiger partial charge in [-0.05, 0) is 35.6 Å². The van der Waals surface area contributed by atoms with Gasteiger partial charge in [0.05, 0.1) is 0 Å². The Morgan fingerprint density at radius 1 is 1.16 bits per heavy atom. The zero-order valence-electron chi connectivity index (χ0n) is 11.1. The Morgan fingerprint density at radius 3 is 2.58 bits per heavy atom. The van der Waals surface area contributed by atoms with E-state index in [1.165, 1.54) is 0 Å². The molecule has 0 amide bonds. The third-order valence-electron chi connectivity index (χ3n) is 3.02. The molecule has 0 fully saturated rings. The highest BCUT2D eigenvalue weighted by molar-refractivity contribution is 6.02. The van der Waals surface area contributed by atoms with Gasteiger partial charge in [-0.1, -0.05) is 67.6 Å². The highest BCUT2D eigenvalue weighted by atomic mass is 16.1. The number of rotatable bonds is 4. The average Bonchev–Trinajstić information content (AvgIpc) is 2.45. The number of carbonyl (C=O) groups excluding carboxylic acids is 1. The minimum Gasteiger partial charge on any atom is -0.290 e. The van der Waals surface area contributed by atoms with Crippen LogP contribution in [0.5, 0.6) is 0 Å². The van der Waals surface area contributed by atoms with E-state index < -0.39 is 0 Å². The molecule has 1 heteroatoms. The van der Waals surface area contributed by atoms with Gasteiger partial charge in [0.2, 0.25) is 0 Å². The summed E-state index contributed by atoms with van der Waals surface area (Å²) >= 11 is 0. The van der Waals surface area contributed by atoms with Crippen molar-refractivity contribution in [3.05, 3.63) is 77.9 Å². The maximum absolute atomic E-state index is 11.7. The van der Waals surface area contributed by atoms with Crippen LogP contribution in [0.25, 0.3) is 6.08 Å². The molecule has 0 spiro atoms. The SMILES string of the molecule is CC1C=CC(/C=C/C(=O)/C=C\c2ccccc2)=CC1. The quantitative estimate of drug-likeness (QED) is 0.726. The Bertz CT molecular complexity index is 544. The van der Waals surface area contributed by atoms with Gasteiger partial charge in [-0.15, -0.1) is 0 Å². The summed E-state index contributed by atoms with van der Waals surface area (Å²) < 4.78 is 0. The first-order valence-corrected chi connectivity index (χ1v) is 6.57. The first-order chi connectivity index (χ1) is 9.24. The van der Waals surface area contributed by atoms with Gasteiger partial charge in [0.1, 0.15) is 0 Å². The van der Waals surface area contributed by atoms with Gasteiger partial charge >= 0.3 is 0 Å². The molecule has 0 N–H and O–H groups in total. The zero-order valence-corrected chi connectivity index (χ0v) is 11.1. The second-order valence-corrected chi connectivity index (χ2v) is 4.76. The molecule has 1 aliphatic carbocycles. The van der Waals surface area contributed by atoms with Crippen LogP contribution in [0.15, 0.2) is 72.4 Å². The Balaban J connectivity index is 1.91. The van der Waals surface area contributed by atoms with Crippen molar-refractivity contribution in [2.24, 2.45) is 5.92 Å². The van der Waals surface area contributed by atoms with Gasteiger partial charge in [0.25, 0.3) is 0 Å². The number of hydrogen-bond donors (Lipinski definition) is 0. The van der Waals surface area contributed by atoms with Gasteiger partial charge in [-0.3, -0.25) is 4.79 Å². The maximum atomic E-state index is 11.7. The van der Waals surface area contributed by atoms with Crippen LogP contribution in [0.4, 0.5) is 0 Å². The van der Waals surface area contributed by atoms with Crippen LogP contribution in [-0.4, -0.2) is 5.78 Å². The molecule has 0 radical (unpaired) electrons. The Morgan fingerprint density at radius 2 is 1.89 bits per heavy atom. The summed E-state index contributed by atoms with van der Waals surface area (Å²) in [6.45, 7) is 2.18. The molecule has 1 aliphatic rings. The lowest BCUT2D eigenvalue weighted by Gasteiger charge is -2.07. The van der Waals surface area contributed by atoms with Gasteiger partial charge in [0.15, 0.2) is 5.78 Å². The van der Waals surface area contributed by atoms with Crippen molar-refractivity contribution in [3.63, 3.8) is 0 Å². The van der Waals surface area contributed by atoms with Crippen molar-refractivity contribution in [1.82, 2.24) is 0 Å². The van der Waals surface area contributed by atoms with Gasteiger partial charge in [-0.2, -0.15) is 0 Å². The van der Waals surface area contributed by atoms with E-state index in [2.05, 4.69) is 25.2 Å². The van der Waals surface area contributed by atoms with Crippen molar-refractivity contribution in [1.29, 1.82) is 0 Å². The summed E-state index contributed by atoms with van der Waals surface area (Å²) in [6, 6.07) is 9.82. The van der Waals surface area contributed by atoms with Crippen LogP contribution >= 0.6 is 0 Å². The summed E-state index contributed by atoms with van der Waals surface area (Å²) in [5.41, 5.74) is 2.15. The van der Waals surface area contributed by atoms with E-state index in [-0.39, 0.29) is 5.78 Å². The minimum absolute atomic E-state index is 0.0109. The van der Waals surface area contributed by atoms with Crippen molar-refractivity contribution in [2.75, 3.05) is 0 Å². The lowest BCUT2D eigenvalue weighted by molar-refractivity contribution is -0.110. The third-order valence-corrected chi connectivity index (χ3v) is 3.02. The van der Waals surface area contributed by atoms with E-state index in [4.69, 9.17) is 0 Å². The summed E-state index contributed by atoms with van der Waals surface area (Å²) in [5.74, 6) is 0.614. The van der Waals surface area contributed by atoms with Crippen LogP contribution in [0.1, 0.15) is 18.9 Å². The van der Waals surface area contributed by atoms with Crippen LogP contribution in [-0.2, 0) is 4.79 Å². The lowest BCUT2D eigenvalue weighted by atomic mass is 9.98. The summed E-state index contributed by atoms with van der Waals surface area (Å²) in [4.78, 5) is 11.7. The fourth-order valence-electron chi connectivity index (χ4n) is 1.84. The van der Waals surface area contributed by atoms with Crippen molar-refractivity contribution in [2.45, 2.75) is 13.3 Å². The van der Waals surface area contributed by atoms with E-state index in [1.807, 2.05) is 42.5 Å². The largest absolute Gasteiger partial charge is 0.290 e. The lowest BCUT2D eigenvalue weighted by Crippen LogP contribution is -1.93. The molecule has 0 aliphatic heterocycles. The molecule has 2 rings (SSSR count). The second kappa shape index (κ2) is 6.69. The van der Waals surface area contributed by atoms with Gasteiger partial charge in [0, 0.05) is 0 Å². The molecule has 1 aromatic carbocycles. The van der Waals surface area contributed by atoms with Gasteiger partial charge in [-0.25, -0.2) is 0 Å². The molecule has 0 heterocycles. The Hall–Kier alpha value is -2.15. The molecule has 0 saturated carbocycles. The Kier molecular flexibility index (Phi) is 4.68. The number of ketones is 1. The van der Waals surface area contributed by atoms with Crippen LogP contribution < -0.4 is 0 Å². The molecular weight excluding hydrogens is 232 g/mol. The molecule has 1 atom stereocenters.